The van der Waals surface area contributed by atoms with Crippen molar-refractivity contribution in [1.29, 1.82) is 0 Å². The molecule has 41 heavy (non-hydrogen) atoms. The van der Waals surface area contributed by atoms with E-state index in [1.54, 1.807) is 19.1 Å². The Morgan fingerprint density at radius 3 is 2.41 bits per heavy atom. The molecule has 3 heterocycles. The number of carbonyl (C=O) groups excluding carboxylic acids is 1. The van der Waals surface area contributed by atoms with Gasteiger partial charge >= 0.3 is 12.9 Å². The number of carbonyl (C=O) groups is 1. The molecular weight excluding hydrogens is 551 g/mol. The lowest BCUT2D eigenvalue weighted by Gasteiger charge is -2.32. The number of fused-ring (bicyclic) bond motifs is 2. The van der Waals surface area contributed by atoms with Crippen LogP contribution in [-0.2, 0) is 32.5 Å². The number of ether oxygens (including phenoxy) is 1. The molecule has 0 aliphatic carbocycles. The lowest BCUT2D eigenvalue weighted by Crippen LogP contribution is -2.51. The number of esters is 1. The fourth-order valence-corrected chi connectivity index (χ4v) is 6.09. The number of quaternary nitrogens is 1. The fraction of sp³-hybridized carbons (Fsp3) is 0.448. The largest absolute Gasteiger partial charge is 0.748 e. The molecule has 0 saturated carbocycles. The summed E-state index contributed by atoms with van der Waals surface area (Å²) in [6.07, 6.45) is 5.13. The van der Waals surface area contributed by atoms with Gasteiger partial charge in [-0.15, -0.1) is 0 Å². The molecule has 0 atom stereocenters. The number of aryl methyl sites for hydroxylation is 2. The smallest absolute Gasteiger partial charge is 0.737 e. The van der Waals surface area contributed by atoms with E-state index in [-0.39, 0.29) is 43.7 Å². The molecule has 2 aromatic rings. The molecule has 0 spiro atoms. The van der Waals surface area contributed by atoms with Crippen LogP contribution in [0.1, 0.15) is 55.1 Å². The highest BCUT2D eigenvalue weighted by molar-refractivity contribution is 7.85. The first-order valence-electron chi connectivity index (χ1n) is 14.0. The summed E-state index contributed by atoms with van der Waals surface area (Å²) >= 11 is 0. The number of allylic oxidation sites excluding steroid dienone is 2. The monoisotopic (exact) mass is 589 g/mol. The molecule has 0 saturated heterocycles. The van der Waals surface area contributed by atoms with Crippen molar-refractivity contribution in [1.82, 2.24) is 4.48 Å². The van der Waals surface area contributed by atoms with Gasteiger partial charge in [-0.05, 0) is 62.1 Å². The lowest BCUT2D eigenvalue weighted by molar-refractivity contribution is -0.870. The Labute approximate surface area is 241 Å². The van der Waals surface area contributed by atoms with Gasteiger partial charge in [-0.3, -0.25) is 4.79 Å². The summed E-state index contributed by atoms with van der Waals surface area (Å²) in [4.78, 5) is 12.1. The van der Waals surface area contributed by atoms with E-state index in [0.717, 1.165) is 32.0 Å². The number of benzene rings is 1. The van der Waals surface area contributed by atoms with Crippen molar-refractivity contribution in [3.63, 3.8) is 0 Å². The maximum atomic E-state index is 16.8. The lowest BCUT2D eigenvalue weighted by atomic mass is 9.88. The Morgan fingerprint density at radius 1 is 1.07 bits per heavy atom. The Kier molecular flexibility index (Phi) is 9.06. The van der Waals surface area contributed by atoms with Crippen LogP contribution in [0.25, 0.3) is 6.08 Å². The molecule has 0 N–H and O–H groups in total. The fourth-order valence-electron chi connectivity index (χ4n) is 5.59. The van der Waals surface area contributed by atoms with Gasteiger partial charge in [0.2, 0.25) is 0 Å². The summed E-state index contributed by atoms with van der Waals surface area (Å²) in [7, 11) is 1.83. The van der Waals surface area contributed by atoms with Crippen molar-refractivity contribution < 1.29 is 40.1 Å². The minimum atomic E-state index is -4.44. The van der Waals surface area contributed by atoms with E-state index >= 15 is 8.63 Å². The predicted molar refractivity (Wildman–Crippen MR) is 155 cm³/mol. The highest BCUT2D eigenvalue weighted by Crippen LogP contribution is 2.40. The van der Waals surface area contributed by atoms with Crippen LogP contribution >= 0.6 is 0 Å². The Morgan fingerprint density at radius 2 is 1.78 bits per heavy atom. The second-order valence-electron chi connectivity index (χ2n) is 11.6. The number of halogens is 2. The summed E-state index contributed by atoms with van der Waals surface area (Å²) in [5.74, 6) is -1.06. The third kappa shape index (κ3) is 7.23. The van der Waals surface area contributed by atoms with E-state index in [2.05, 4.69) is 21.1 Å². The van der Waals surface area contributed by atoms with Crippen LogP contribution in [0.3, 0.4) is 0 Å². The molecular formula is C29H38BF2N3O5S. The zero-order chi connectivity index (χ0) is 30.0. The summed E-state index contributed by atoms with van der Waals surface area (Å²) in [6, 6.07) is 10.7. The summed E-state index contributed by atoms with van der Waals surface area (Å²) in [5.41, 5.74) is 3.40. The number of aromatic nitrogens is 1. The Bertz CT molecular complexity index is 1510. The van der Waals surface area contributed by atoms with Crippen molar-refractivity contribution >= 4 is 34.8 Å². The Balaban J connectivity index is 1.83. The van der Waals surface area contributed by atoms with Crippen LogP contribution in [0.2, 0.25) is 0 Å². The van der Waals surface area contributed by atoms with E-state index in [0.29, 0.717) is 29.0 Å². The average molecular weight is 590 g/mol. The second kappa shape index (κ2) is 12.0. The highest BCUT2D eigenvalue weighted by atomic mass is 32.2. The average Bonchev–Trinajstić information content (AvgIpc) is 3.42. The molecule has 0 bridgehead atoms. The minimum Gasteiger partial charge on any atom is -0.748 e. The van der Waals surface area contributed by atoms with E-state index in [1.165, 1.54) is 0 Å². The standard InChI is InChI=1S/C29H38BF2N3O5S/c1-5-40-29(36)16-15-25-19-23(14-10-18-41(37,38)39)27-21-28-24(13-9-17-35(2,3)4)20-26(22-11-7-6-8-12-22)34(28)30(31,32)33(25)27/h6-8,11-12,19-21H,5,9-10,13-18H2,1-4H3. The van der Waals surface area contributed by atoms with Crippen LogP contribution in [0.4, 0.5) is 8.63 Å². The van der Waals surface area contributed by atoms with E-state index in [4.69, 9.17) is 4.74 Å². The van der Waals surface area contributed by atoms with Gasteiger partial charge in [-0.1, -0.05) is 18.2 Å². The number of hydrogen-bond acceptors (Lipinski definition) is 5. The normalized spacial score (nSPS) is 16.3. The van der Waals surface area contributed by atoms with Crippen molar-refractivity contribution in [3.05, 3.63) is 76.3 Å². The first kappa shape index (κ1) is 30.9. The summed E-state index contributed by atoms with van der Waals surface area (Å²) < 4.78 is 75.3. The highest BCUT2D eigenvalue weighted by Gasteiger charge is 2.54. The number of nitrogens with zero attached hydrogens (tertiary/aromatic N) is 3. The molecule has 1 aromatic heterocycles. The first-order valence-corrected chi connectivity index (χ1v) is 15.6. The third-order valence-corrected chi connectivity index (χ3v) is 8.16. The van der Waals surface area contributed by atoms with Crippen LogP contribution in [-0.4, -0.2) is 85.1 Å². The molecule has 2 aliphatic rings. The van der Waals surface area contributed by atoms with Crippen molar-refractivity contribution in [2.24, 2.45) is 0 Å². The van der Waals surface area contributed by atoms with Crippen molar-refractivity contribution in [2.45, 2.75) is 45.4 Å². The predicted octanol–water partition coefficient (Wildman–Crippen LogP) is 3.97. The molecule has 222 valence electrons. The van der Waals surface area contributed by atoms with Gasteiger partial charge in [0.25, 0.3) is 0 Å². The molecule has 0 fully saturated rings. The zero-order valence-corrected chi connectivity index (χ0v) is 24.9. The van der Waals surface area contributed by atoms with Gasteiger partial charge < -0.3 is 31.4 Å². The molecule has 0 amide bonds. The molecule has 0 radical (unpaired) electrons. The van der Waals surface area contributed by atoms with Crippen LogP contribution in [0.15, 0.2) is 53.7 Å². The molecule has 0 unspecified atom stereocenters. The van der Waals surface area contributed by atoms with Crippen LogP contribution < -0.4 is 0 Å². The SMILES string of the molecule is CCOC(=O)CCc1cc(CCCS(=O)(=O)[O-])c2n1[B-](F)(F)[N+]1=C(c3ccccc3)C=C(CCC[N+](C)(C)C)C1=C2. The second-order valence-corrected chi connectivity index (χ2v) is 13.1. The van der Waals surface area contributed by atoms with Crippen LogP contribution in [0.5, 0.6) is 0 Å². The third-order valence-electron chi connectivity index (χ3n) is 7.37. The molecule has 4 rings (SSSR count). The van der Waals surface area contributed by atoms with Gasteiger partial charge in [0.15, 0.2) is 11.4 Å². The van der Waals surface area contributed by atoms with E-state index < -0.39 is 28.8 Å². The quantitative estimate of drug-likeness (QED) is 0.153. The number of hydrogen-bond donors (Lipinski definition) is 0. The maximum absolute atomic E-state index is 16.8. The molecule has 1 aromatic carbocycles. The summed E-state index contributed by atoms with van der Waals surface area (Å²) in [6.45, 7) is -1.64. The van der Waals surface area contributed by atoms with E-state index in [1.807, 2.05) is 36.4 Å². The molecule has 2 aliphatic heterocycles. The Hall–Kier alpha value is -3.09. The zero-order valence-electron chi connectivity index (χ0n) is 24.1. The van der Waals surface area contributed by atoms with E-state index in [9.17, 15) is 17.8 Å². The van der Waals surface area contributed by atoms with Gasteiger partial charge in [0.1, 0.15) is 0 Å². The number of rotatable bonds is 13. The maximum Gasteiger partial charge on any atom is 0.737 e. The van der Waals surface area contributed by atoms with Gasteiger partial charge in [0, 0.05) is 41.2 Å². The first-order chi connectivity index (χ1) is 19.2. The molecule has 12 heteroatoms. The molecule has 8 nitrogen and oxygen atoms in total. The van der Waals surface area contributed by atoms with Gasteiger partial charge in [0.05, 0.1) is 50.8 Å². The van der Waals surface area contributed by atoms with Crippen LogP contribution in [0, 0.1) is 0 Å². The van der Waals surface area contributed by atoms with Crippen molar-refractivity contribution in [3.8, 4) is 0 Å². The van der Waals surface area contributed by atoms with Crippen molar-refractivity contribution in [2.75, 3.05) is 40.0 Å². The summed E-state index contributed by atoms with van der Waals surface area (Å²) in [5, 5.41) is 0. The van der Waals surface area contributed by atoms with Gasteiger partial charge in [-0.25, -0.2) is 8.42 Å². The topological polar surface area (TPSA) is 91.4 Å². The van der Waals surface area contributed by atoms with Gasteiger partial charge in [-0.2, -0.15) is 0 Å². The minimum absolute atomic E-state index is 0.0131.